The summed E-state index contributed by atoms with van der Waals surface area (Å²) in [7, 11) is -3.41. The van der Waals surface area contributed by atoms with E-state index in [1.807, 2.05) is 13.8 Å². The number of halogens is 1. The average Bonchev–Trinajstić information content (AvgIpc) is 2.26. The van der Waals surface area contributed by atoms with Gasteiger partial charge in [-0.3, -0.25) is 0 Å². The van der Waals surface area contributed by atoms with E-state index in [9.17, 15) is 13.2 Å². The zero-order valence-electron chi connectivity index (χ0n) is 10.2. The second kappa shape index (κ2) is 5.84. The molecule has 0 fully saturated rings. The smallest absolute Gasteiger partial charge is 0.336 e. The Labute approximate surface area is 115 Å². The summed E-state index contributed by atoms with van der Waals surface area (Å²) in [6, 6.07) is 4.07. The number of hydrogen-bond donors (Lipinski definition) is 1. The number of benzene rings is 1. The highest BCUT2D eigenvalue weighted by atomic mass is 79.9. The summed E-state index contributed by atoms with van der Waals surface area (Å²) in [6.07, 6.45) is 0.556. The van der Waals surface area contributed by atoms with E-state index in [2.05, 4.69) is 15.9 Å². The van der Waals surface area contributed by atoms with Crippen LogP contribution in [0.25, 0.3) is 0 Å². The number of carboxylic acid groups (broad SMARTS) is 1. The number of aromatic carboxylic acids is 1. The van der Waals surface area contributed by atoms with Crippen molar-refractivity contribution < 1.29 is 18.3 Å². The van der Waals surface area contributed by atoms with E-state index in [0.717, 1.165) is 0 Å². The molecule has 1 rings (SSSR count). The molecule has 4 nitrogen and oxygen atoms in total. The van der Waals surface area contributed by atoms with E-state index in [-0.39, 0.29) is 22.1 Å². The molecule has 0 saturated heterocycles. The fourth-order valence-corrected chi connectivity index (χ4v) is 3.38. The SMILES string of the molecule is CC(C)CCS(=O)(=O)c1ccc(Br)c(C(=O)O)c1. The van der Waals surface area contributed by atoms with Gasteiger partial charge in [-0.15, -0.1) is 0 Å². The second-order valence-corrected chi connectivity index (χ2v) is 7.41. The molecule has 0 aromatic heterocycles. The van der Waals surface area contributed by atoms with Crippen LogP contribution in [0.15, 0.2) is 27.6 Å². The zero-order chi connectivity index (χ0) is 13.9. The predicted octanol–water partition coefficient (Wildman–Crippen LogP) is 2.97. The van der Waals surface area contributed by atoms with Crippen LogP contribution in [0.3, 0.4) is 0 Å². The van der Waals surface area contributed by atoms with Gasteiger partial charge >= 0.3 is 5.97 Å². The molecule has 0 aliphatic heterocycles. The molecule has 0 bridgehead atoms. The Hall–Kier alpha value is -0.880. The molecule has 1 aromatic rings. The zero-order valence-corrected chi connectivity index (χ0v) is 12.6. The third kappa shape index (κ3) is 3.81. The lowest BCUT2D eigenvalue weighted by Crippen LogP contribution is -2.10. The van der Waals surface area contributed by atoms with Crippen molar-refractivity contribution in [1.29, 1.82) is 0 Å². The van der Waals surface area contributed by atoms with Gasteiger partial charge in [-0.2, -0.15) is 0 Å². The maximum absolute atomic E-state index is 12.0. The summed E-state index contributed by atoms with van der Waals surface area (Å²) in [6.45, 7) is 3.89. The molecule has 0 saturated carbocycles. The topological polar surface area (TPSA) is 71.4 Å². The van der Waals surface area contributed by atoms with Crippen LogP contribution in [0, 0.1) is 5.92 Å². The minimum absolute atomic E-state index is 0.0331. The molecule has 0 heterocycles. The van der Waals surface area contributed by atoms with Crippen molar-refractivity contribution in [3.8, 4) is 0 Å². The fourth-order valence-electron chi connectivity index (χ4n) is 1.37. The van der Waals surface area contributed by atoms with E-state index in [0.29, 0.717) is 10.9 Å². The average molecular weight is 335 g/mol. The molecule has 1 aromatic carbocycles. The number of carbonyl (C=O) groups is 1. The maximum atomic E-state index is 12.0. The van der Waals surface area contributed by atoms with Gasteiger partial charge in [0.25, 0.3) is 0 Å². The molecule has 0 aliphatic rings. The van der Waals surface area contributed by atoms with Crippen molar-refractivity contribution in [2.75, 3.05) is 5.75 Å². The van der Waals surface area contributed by atoms with Gasteiger partial charge in [0.05, 0.1) is 16.2 Å². The quantitative estimate of drug-likeness (QED) is 0.898. The minimum atomic E-state index is -3.41. The number of rotatable bonds is 5. The highest BCUT2D eigenvalue weighted by Gasteiger charge is 2.18. The van der Waals surface area contributed by atoms with Gasteiger partial charge in [-0.25, -0.2) is 13.2 Å². The van der Waals surface area contributed by atoms with Crippen molar-refractivity contribution in [3.05, 3.63) is 28.2 Å². The third-order valence-electron chi connectivity index (χ3n) is 2.49. The lowest BCUT2D eigenvalue weighted by atomic mass is 10.2. The third-order valence-corrected chi connectivity index (χ3v) is 4.93. The molecule has 0 radical (unpaired) electrons. The first-order valence-corrected chi connectivity index (χ1v) is 7.94. The highest BCUT2D eigenvalue weighted by Crippen LogP contribution is 2.22. The lowest BCUT2D eigenvalue weighted by Gasteiger charge is -2.08. The minimum Gasteiger partial charge on any atom is -0.478 e. The van der Waals surface area contributed by atoms with Crippen molar-refractivity contribution in [1.82, 2.24) is 0 Å². The summed E-state index contributed by atoms with van der Waals surface area (Å²) in [5.74, 6) is -0.831. The lowest BCUT2D eigenvalue weighted by molar-refractivity contribution is 0.0695. The van der Waals surface area contributed by atoms with Crippen molar-refractivity contribution in [3.63, 3.8) is 0 Å². The Morgan fingerprint density at radius 2 is 2.00 bits per heavy atom. The molecule has 100 valence electrons. The van der Waals surface area contributed by atoms with Gasteiger partial charge in [0, 0.05) is 4.47 Å². The van der Waals surface area contributed by atoms with Gasteiger partial charge in [0.1, 0.15) is 0 Å². The number of carboxylic acids is 1. The Morgan fingerprint density at radius 1 is 1.39 bits per heavy atom. The molecule has 0 amide bonds. The van der Waals surface area contributed by atoms with Crippen molar-refractivity contribution in [2.24, 2.45) is 5.92 Å². The molecule has 0 atom stereocenters. The number of sulfone groups is 1. The Morgan fingerprint density at radius 3 is 2.50 bits per heavy atom. The molecular weight excluding hydrogens is 320 g/mol. The van der Waals surface area contributed by atoms with E-state index in [1.165, 1.54) is 18.2 Å². The molecule has 0 spiro atoms. The molecule has 6 heteroatoms. The first-order valence-electron chi connectivity index (χ1n) is 5.49. The van der Waals surface area contributed by atoms with E-state index >= 15 is 0 Å². The summed E-state index contributed by atoms with van der Waals surface area (Å²) in [5.41, 5.74) is -0.0411. The van der Waals surface area contributed by atoms with Crippen molar-refractivity contribution in [2.45, 2.75) is 25.2 Å². The highest BCUT2D eigenvalue weighted by molar-refractivity contribution is 9.10. The van der Waals surface area contributed by atoms with Gasteiger partial charge in [0.2, 0.25) is 0 Å². The first-order chi connectivity index (χ1) is 8.24. The summed E-state index contributed by atoms with van der Waals surface area (Å²) < 4.78 is 24.4. The normalized spacial score (nSPS) is 11.8. The summed E-state index contributed by atoms with van der Waals surface area (Å²) in [5, 5.41) is 8.95. The van der Waals surface area contributed by atoms with Crippen LogP contribution in [-0.2, 0) is 9.84 Å². The standard InChI is InChI=1S/C12H15BrO4S/c1-8(2)5-6-18(16,17)9-3-4-11(13)10(7-9)12(14)15/h3-4,7-8H,5-6H2,1-2H3,(H,14,15). The molecule has 1 N–H and O–H groups in total. The van der Waals surface area contributed by atoms with Gasteiger partial charge in [-0.1, -0.05) is 13.8 Å². The Kier molecular flexibility index (Phi) is 4.92. The van der Waals surface area contributed by atoms with Gasteiger partial charge < -0.3 is 5.11 Å². The maximum Gasteiger partial charge on any atom is 0.336 e. The van der Waals surface area contributed by atoms with Crippen LogP contribution in [0.5, 0.6) is 0 Å². The number of hydrogen-bond acceptors (Lipinski definition) is 3. The molecule has 18 heavy (non-hydrogen) atoms. The monoisotopic (exact) mass is 334 g/mol. The van der Waals surface area contributed by atoms with Crippen LogP contribution >= 0.6 is 15.9 Å². The Bertz CT molecular complexity index is 549. The van der Waals surface area contributed by atoms with Gasteiger partial charge in [0.15, 0.2) is 9.84 Å². The van der Waals surface area contributed by atoms with E-state index in [4.69, 9.17) is 5.11 Å². The van der Waals surface area contributed by atoms with Crippen molar-refractivity contribution >= 4 is 31.7 Å². The predicted molar refractivity (Wildman–Crippen MR) is 72.6 cm³/mol. The second-order valence-electron chi connectivity index (χ2n) is 4.45. The summed E-state index contributed by atoms with van der Waals surface area (Å²) in [4.78, 5) is 11.0. The van der Waals surface area contributed by atoms with Crippen LogP contribution in [0.1, 0.15) is 30.6 Å². The van der Waals surface area contributed by atoms with Crippen LogP contribution < -0.4 is 0 Å². The first kappa shape index (κ1) is 15.2. The van der Waals surface area contributed by atoms with Crippen LogP contribution in [0.4, 0.5) is 0 Å². The summed E-state index contributed by atoms with van der Waals surface area (Å²) >= 11 is 3.08. The van der Waals surface area contributed by atoms with E-state index < -0.39 is 15.8 Å². The molecule has 0 unspecified atom stereocenters. The van der Waals surface area contributed by atoms with Gasteiger partial charge in [-0.05, 0) is 46.5 Å². The van der Waals surface area contributed by atoms with E-state index in [1.54, 1.807) is 0 Å². The van der Waals surface area contributed by atoms with Crippen LogP contribution in [-0.4, -0.2) is 25.2 Å². The Balaban J connectivity index is 3.10. The molecule has 0 aliphatic carbocycles. The fraction of sp³-hybridized carbons (Fsp3) is 0.417. The largest absolute Gasteiger partial charge is 0.478 e. The van der Waals surface area contributed by atoms with Crippen LogP contribution in [0.2, 0.25) is 0 Å². The molecular formula is C12H15BrO4S.